The minimum absolute atomic E-state index is 0.167. The summed E-state index contributed by atoms with van der Waals surface area (Å²) in [5, 5.41) is 11.1. The lowest BCUT2D eigenvalue weighted by Crippen LogP contribution is -2.17. The van der Waals surface area contributed by atoms with Crippen molar-refractivity contribution in [2.24, 2.45) is 0 Å². The molecule has 0 aromatic carbocycles. The molecule has 15 heavy (non-hydrogen) atoms. The monoisotopic (exact) mass is 233 g/mol. The van der Waals surface area contributed by atoms with Crippen LogP contribution in [-0.2, 0) is 6.42 Å². The van der Waals surface area contributed by atoms with Crippen molar-refractivity contribution in [3.63, 3.8) is 0 Å². The number of aryl methyl sites for hydroxylation is 1. The fourth-order valence-corrected chi connectivity index (χ4v) is 2.03. The van der Waals surface area contributed by atoms with Crippen molar-refractivity contribution < 1.29 is 8.78 Å². The predicted octanol–water partition coefficient (Wildman–Crippen LogP) is 2.16. The number of halogens is 2. The highest BCUT2D eigenvalue weighted by Crippen LogP contribution is 2.23. The Morgan fingerprint density at radius 3 is 2.80 bits per heavy atom. The Morgan fingerprint density at radius 1 is 1.40 bits per heavy atom. The van der Waals surface area contributed by atoms with E-state index in [1.807, 2.05) is 0 Å². The van der Waals surface area contributed by atoms with E-state index in [2.05, 4.69) is 15.5 Å². The Labute approximate surface area is 90.9 Å². The van der Waals surface area contributed by atoms with Crippen LogP contribution in [-0.4, -0.2) is 22.8 Å². The van der Waals surface area contributed by atoms with E-state index < -0.39 is 6.43 Å². The van der Waals surface area contributed by atoms with Crippen molar-refractivity contribution in [3.8, 4) is 0 Å². The van der Waals surface area contributed by atoms with Gasteiger partial charge in [0.25, 0.3) is 6.43 Å². The number of hydrogen-bond donors (Lipinski definition) is 1. The molecule has 1 aliphatic carbocycles. The molecule has 6 heteroatoms. The van der Waals surface area contributed by atoms with E-state index in [1.54, 1.807) is 0 Å². The smallest absolute Gasteiger partial charge is 0.291 e. The van der Waals surface area contributed by atoms with Gasteiger partial charge in [0, 0.05) is 12.5 Å². The van der Waals surface area contributed by atoms with E-state index >= 15 is 0 Å². The molecule has 1 heterocycles. The maximum Gasteiger partial charge on any atom is 0.291 e. The Bertz CT molecular complexity index is 312. The summed E-state index contributed by atoms with van der Waals surface area (Å²) in [6.07, 6.45) is 1.74. The van der Waals surface area contributed by atoms with Crippen molar-refractivity contribution in [3.05, 3.63) is 10.0 Å². The van der Waals surface area contributed by atoms with E-state index in [0.29, 0.717) is 11.0 Å². The van der Waals surface area contributed by atoms with Gasteiger partial charge in [0.2, 0.25) is 0 Å². The largest absolute Gasteiger partial charge is 0.314 e. The molecule has 0 aliphatic heterocycles. The molecule has 0 saturated heterocycles. The molecule has 2 rings (SSSR count). The normalized spacial score (nSPS) is 16.2. The minimum Gasteiger partial charge on any atom is -0.314 e. The first kappa shape index (κ1) is 10.9. The molecule has 1 aromatic rings. The summed E-state index contributed by atoms with van der Waals surface area (Å²) in [4.78, 5) is 0. The third kappa shape index (κ3) is 3.46. The van der Waals surface area contributed by atoms with Gasteiger partial charge in [0.05, 0.1) is 0 Å². The van der Waals surface area contributed by atoms with Gasteiger partial charge >= 0.3 is 0 Å². The Morgan fingerprint density at radius 2 is 2.20 bits per heavy atom. The van der Waals surface area contributed by atoms with Crippen LogP contribution in [0.25, 0.3) is 0 Å². The lowest BCUT2D eigenvalue weighted by molar-refractivity contribution is 0.150. The molecular formula is C9H13F2N3S. The highest BCUT2D eigenvalue weighted by molar-refractivity contribution is 7.11. The number of rotatable bonds is 6. The van der Waals surface area contributed by atoms with Crippen LogP contribution < -0.4 is 5.32 Å². The molecule has 1 aliphatic rings. The van der Waals surface area contributed by atoms with Crippen molar-refractivity contribution in [2.45, 2.75) is 38.2 Å². The summed E-state index contributed by atoms with van der Waals surface area (Å²) in [6.45, 7) is 0.939. The summed E-state index contributed by atoms with van der Waals surface area (Å²) in [5.41, 5.74) is 0. The van der Waals surface area contributed by atoms with Gasteiger partial charge in [-0.05, 0) is 25.8 Å². The predicted molar refractivity (Wildman–Crippen MR) is 54.2 cm³/mol. The SMILES string of the molecule is FC(F)c1nnc(CCCNC2CC2)s1. The van der Waals surface area contributed by atoms with E-state index in [1.165, 1.54) is 12.8 Å². The zero-order chi connectivity index (χ0) is 10.7. The Kier molecular flexibility index (Phi) is 3.58. The quantitative estimate of drug-likeness (QED) is 0.765. The van der Waals surface area contributed by atoms with Crippen LogP contribution in [0.3, 0.4) is 0 Å². The molecule has 0 atom stereocenters. The molecule has 0 radical (unpaired) electrons. The number of aromatic nitrogens is 2. The van der Waals surface area contributed by atoms with E-state index in [-0.39, 0.29) is 5.01 Å². The van der Waals surface area contributed by atoms with Crippen LogP contribution in [0.15, 0.2) is 0 Å². The molecule has 0 spiro atoms. The second-order valence-corrected chi connectivity index (χ2v) is 4.76. The first-order valence-electron chi connectivity index (χ1n) is 5.09. The standard InChI is InChI=1S/C9H13F2N3S/c10-8(11)9-14-13-7(15-9)2-1-5-12-6-3-4-6/h6,8,12H,1-5H2. The average molecular weight is 233 g/mol. The second-order valence-electron chi connectivity index (χ2n) is 3.67. The van der Waals surface area contributed by atoms with Crippen molar-refractivity contribution in [2.75, 3.05) is 6.54 Å². The van der Waals surface area contributed by atoms with Crippen LogP contribution in [0.1, 0.15) is 35.7 Å². The van der Waals surface area contributed by atoms with Crippen molar-refractivity contribution in [1.82, 2.24) is 15.5 Å². The fourth-order valence-electron chi connectivity index (χ4n) is 1.29. The molecule has 0 amide bonds. The number of hydrogen-bond acceptors (Lipinski definition) is 4. The maximum absolute atomic E-state index is 12.2. The summed E-state index contributed by atoms with van der Waals surface area (Å²) < 4.78 is 24.4. The van der Waals surface area contributed by atoms with Crippen LogP contribution in [0.4, 0.5) is 8.78 Å². The van der Waals surface area contributed by atoms with Gasteiger partial charge in [-0.2, -0.15) is 0 Å². The third-order valence-electron chi connectivity index (χ3n) is 2.25. The number of nitrogens with one attached hydrogen (secondary N) is 1. The molecule has 1 saturated carbocycles. The molecule has 0 bridgehead atoms. The van der Waals surface area contributed by atoms with Gasteiger partial charge in [-0.1, -0.05) is 11.3 Å². The summed E-state index contributed by atoms with van der Waals surface area (Å²) in [6, 6.07) is 0.705. The van der Waals surface area contributed by atoms with Gasteiger partial charge in [0.15, 0.2) is 5.01 Å². The van der Waals surface area contributed by atoms with Crippen LogP contribution in [0.5, 0.6) is 0 Å². The maximum atomic E-state index is 12.2. The van der Waals surface area contributed by atoms with Crippen LogP contribution in [0.2, 0.25) is 0 Å². The molecule has 1 aromatic heterocycles. The van der Waals surface area contributed by atoms with Gasteiger partial charge in [-0.15, -0.1) is 10.2 Å². The Hall–Kier alpha value is -0.620. The molecular weight excluding hydrogens is 220 g/mol. The zero-order valence-electron chi connectivity index (χ0n) is 8.25. The van der Waals surface area contributed by atoms with Crippen LogP contribution >= 0.6 is 11.3 Å². The lowest BCUT2D eigenvalue weighted by atomic mass is 10.3. The minimum atomic E-state index is -2.49. The second kappa shape index (κ2) is 4.94. The third-order valence-corrected chi connectivity index (χ3v) is 3.24. The summed E-state index contributed by atoms with van der Waals surface area (Å²) in [5.74, 6) is 0. The summed E-state index contributed by atoms with van der Waals surface area (Å²) >= 11 is 1.02. The van der Waals surface area contributed by atoms with Crippen molar-refractivity contribution in [1.29, 1.82) is 0 Å². The highest BCUT2D eigenvalue weighted by Gasteiger charge is 2.19. The van der Waals surface area contributed by atoms with Crippen LogP contribution in [0, 0.1) is 0 Å². The summed E-state index contributed by atoms with van der Waals surface area (Å²) in [7, 11) is 0. The molecule has 1 N–H and O–H groups in total. The highest BCUT2D eigenvalue weighted by atomic mass is 32.1. The lowest BCUT2D eigenvalue weighted by Gasteiger charge is -1.99. The first-order valence-corrected chi connectivity index (χ1v) is 5.91. The van der Waals surface area contributed by atoms with E-state index in [4.69, 9.17) is 0 Å². The van der Waals surface area contributed by atoms with Gasteiger partial charge < -0.3 is 5.32 Å². The van der Waals surface area contributed by atoms with Gasteiger partial charge in [-0.25, -0.2) is 8.78 Å². The Balaban J connectivity index is 1.67. The number of alkyl halides is 2. The topological polar surface area (TPSA) is 37.8 Å². The fraction of sp³-hybridized carbons (Fsp3) is 0.778. The molecule has 1 fully saturated rings. The van der Waals surface area contributed by atoms with E-state index in [9.17, 15) is 8.78 Å². The van der Waals surface area contributed by atoms with Crippen molar-refractivity contribution >= 4 is 11.3 Å². The van der Waals surface area contributed by atoms with Gasteiger partial charge in [0.1, 0.15) is 5.01 Å². The molecule has 0 unspecified atom stereocenters. The first-order chi connectivity index (χ1) is 7.25. The average Bonchev–Trinajstić information content (AvgIpc) is 2.90. The zero-order valence-corrected chi connectivity index (χ0v) is 9.07. The molecule has 84 valence electrons. The van der Waals surface area contributed by atoms with Gasteiger partial charge in [-0.3, -0.25) is 0 Å². The molecule has 3 nitrogen and oxygen atoms in total. The number of nitrogens with zero attached hydrogens (tertiary/aromatic N) is 2. The van der Waals surface area contributed by atoms with E-state index in [0.717, 1.165) is 30.7 Å².